The maximum atomic E-state index is 14.3. The Bertz CT molecular complexity index is 1520. The van der Waals surface area contributed by atoms with E-state index in [0.717, 1.165) is 10.7 Å². The van der Waals surface area contributed by atoms with Gasteiger partial charge in [0.1, 0.15) is 23.0 Å². The highest BCUT2D eigenvalue weighted by Crippen LogP contribution is 2.28. The molecule has 0 saturated heterocycles. The summed E-state index contributed by atoms with van der Waals surface area (Å²) >= 11 is 0. The number of carbonyl (C=O) groups is 3. The molecule has 1 aliphatic rings. The summed E-state index contributed by atoms with van der Waals surface area (Å²) in [7, 11) is 0. The Labute approximate surface area is 202 Å². The topological polar surface area (TPSA) is 127 Å². The first-order valence-corrected chi connectivity index (χ1v) is 10.8. The average molecular weight is 492 g/mol. The molecule has 0 unspecified atom stereocenters. The van der Waals surface area contributed by atoms with Gasteiger partial charge in [-0.1, -0.05) is 24.3 Å². The summed E-state index contributed by atoms with van der Waals surface area (Å²) in [6.45, 7) is -0.136. The standard InChI is InChI=1S/C24H18F2N6O4/c25-15-4-2-1-3-14(15)10-28-24(35)19-8-18(31-22-16(26)11-29-32(19)22)23(34)27-9-13-5-6-20-17(7-13)30-21(33)12-36-20/h1-8,11H,9-10,12H2,(H,27,34)(H,28,35)(H,30,33). The number of carbonyl (C=O) groups excluding carboxylic acids is 3. The van der Waals surface area contributed by atoms with Gasteiger partial charge in [0, 0.05) is 24.7 Å². The summed E-state index contributed by atoms with van der Waals surface area (Å²) in [6, 6.07) is 12.1. The van der Waals surface area contributed by atoms with E-state index >= 15 is 0 Å². The summed E-state index contributed by atoms with van der Waals surface area (Å²) < 4.78 is 34.4. The minimum atomic E-state index is -0.821. The van der Waals surface area contributed by atoms with Gasteiger partial charge in [-0.25, -0.2) is 18.3 Å². The van der Waals surface area contributed by atoms with Crippen molar-refractivity contribution in [2.75, 3.05) is 11.9 Å². The molecule has 0 fully saturated rings. The number of halogens is 2. The molecule has 0 radical (unpaired) electrons. The molecule has 4 aromatic rings. The Morgan fingerprint density at radius 1 is 1.03 bits per heavy atom. The van der Waals surface area contributed by atoms with Crippen molar-refractivity contribution in [2.45, 2.75) is 13.1 Å². The number of nitrogens with zero attached hydrogens (tertiary/aromatic N) is 3. The van der Waals surface area contributed by atoms with Crippen LogP contribution in [0.1, 0.15) is 32.1 Å². The van der Waals surface area contributed by atoms with Crippen molar-refractivity contribution in [3.63, 3.8) is 0 Å². The Kier molecular flexibility index (Phi) is 5.98. The van der Waals surface area contributed by atoms with Gasteiger partial charge in [0.25, 0.3) is 17.7 Å². The number of nitrogens with one attached hydrogen (secondary N) is 3. The van der Waals surface area contributed by atoms with E-state index in [9.17, 15) is 23.2 Å². The molecular weight excluding hydrogens is 474 g/mol. The van der Waals surface area contributed by atoms with Crippen LogP contribution in [-0.2, 0) is 17.9 Å². The van der Waals surface area contributed by atoms with Gasteiger partial charge in [0.15, 0.2) is 18.1 Å². The molecule has 36 heavy (non-hydrogen) atoms. The summed E-state index contributed by atoms with van der Waals surface area (Å²) in [6.07, 6.45) is 0.876. The van der Waals surface area contributed by atoms with Crippen molar-refractivity contribution < 1.29 is 27.9 Å². The third-order valence-corrected chi connectivity index (χ3v) is 5.42. The fourth-order valence-electron chi connectivity index (χ4n) is 3.64. The van der Waals surface area contributed by atoms with Crippen LogP contribution in [0.2, 0.25) is 0 Å². The molecule has 2 aromatic carbocycles. The van der Waals surface area contributed by atoms with Crippen LogP contribution >= 0.6 is 0 Å². The third kappa shape index (κ3) is 4.56. The lowest BCUT2D eigenvalue weighted by molar-refractivity contribution is -0.118. The molecule has 3 amide bonds. The van der Waals surface area contributed by atoms with Gasteiger partial charge in [0.2, 0.25) is 0 Å². The SMILES string of the molecule is O=C1COc2ccc(CNC(=O)c3cc(C(=O)NCc4ccccc4F)n4ncc(F)c4n3)cc2N1. The number of rotatable bonds is 6. The lowest BCUT2D eigenvalue weighted by Gasteiger charge is -2.18. The summed E-state index contributed by atoms with van der Waals surface area (Å²) in [5.41, 5.74) is 0.714. The molecule has 3 heterocycles. The first kappa shape index (κ1) is 22.9. The highest BCUT2D eigenvalue weighted by molar-refractivity contribution is 5.98. The van der Waals surface area contributed by atoms with Crippen LogP contribution in [0, 0.1) is 11.6 Å². The van der Waals surface area contributed by atoms with Gasteiger partial charge in [-0.15, -0.1) is 0 Å². The van der Waals surface area contributed by atoms with Crippen LogP contribution in [0.3, 0.4) is 0 Å². The largest absolute Gasteiger partial charge is 0.482 e. The fourth-order valence-corrected chi connectivity index (χ4v) is 3.64. The normalized spacial score (nSPS) is 12.4. The number of hydrogen-bond donors (Lipinski definition) is 3. The Hall–Kier alpha value is -4.87. The van der Waals surface area contributed by atoms with E-state index in [1.54, 1.807) is 24.3 Å². The van der Waals surface area contributed by atoms with E-state index < -0.39 is 23.4 Å². The van der Waals surface area contributed by atoms with E-state index in [1.807, 2.05) is 0 Å². The molecule has 1 aliphatic heterocycles. The minimum Gasteiger partial charge on any atom is -0.482 e. The molecule has 0 atom stereocenters. The van der Waals surface area contributed by atoms with Gasteiger partial charge in [0.05, 0.1) is 11.9 Å². The highest BCUT2D eigenvalue weighted by Gasteiger charge is 2.21. The second-order valence-electron chi connectivity index (χ2n) is 7.88. The Morgan fingerprint density at radius 3 is 2.67 bits per heavy atom. The molecular formula is C24H18F2N6O4. The molecule has 10 nitrogen and oxygen atoms in total. The summed E-state index contributed by atoms with van der Waals surface area (Å²) in [4.78, 5) is 41.2. The van der Waals surface area contributed by atoms with E-state index in [2.05, 4.69) is 26.0 Å². The fraction of sp³-hybridized carbons (Fsp3) is 0.125. The van der Waals surface area contributed by atoms with Gasteiger partial charge in [-0.3, -0.25) is 14.4 Å². The van der Waals surface area contributed by atoms with Crippen LogP contribution in [-0.4, -0.2) is 38.9 Å². The number of hydrogen-bond acceptors (Lipinski definition) is 6. The maximum Gasteiger partial charge on any atom is 0.270 e. The zero-order chi connectivity index (χ0) is 25.2. The number of aromatic nitrogens is 3. The minimum absolute atomic E-state index is 0.0609. The summed E-state index contributed by atoms with van der Waals surface area (Å²) in [5.74, 6) is -2.45. The molecule has 12 heteroatoms. The van der Waals surface area contributed by atoms with Gasteiger partial charge < -0.3 is 20.7 Å². The van der Waals surface area contributed by atoms with Gasteiger partial charge in [-0.05, 0) is 23.8 Å². The smallest absolute Gasteiger partial charge is 0.270 e. The van der Waals surface area contributed by atoms with Crippen LogP contribution in [0.4, 0.5) is 14.5 Å². The van der Waals surface area contributed by atoms with E-state index in [4.69, 9.17) is 4.74 Å². The van der Waals surface area contributed by atoms with Gasteiger partial charge >= 0.3 is 0 Å². The van der Waals surface area contributed by atoms with Crippen LogP contribution in [0.5, 0.6) is 5.75 Å². The number of fused-ring (bicyclic) bond motifs is 2. The third-order valence-electron chi connectivity index (χ3n) is 5.42. The lowest BCUT2D eigenvalue weighted by Crippen LogP contribution is -2.29. The number of amides is 3. The van der Waals surface area contributed by atoms with Crippen molar-refractivity contribution in [1.29, 1.82) is 0 Å². The molecule has 0 aliphatic carbocycles. The Balaban J connectivity index is 1.35. The lowest BCUT2D eigenvalue weighted by atomic mass is 10.1. The highest BCUT2D eigenvalue weighted by atomic mass is 19.1. The van der Waals surface area contributed by atoms with E-state index in [-0.39, 0.29) is 48.2 Å². The summed E-state index contributed by atoms with van der Waals surface area (Å²) in [5, 5.41) is 11.7. The van der Waals surface area contributed by atoms with Crippen molar-refractivity contribution in [3.8, 4) is 5.75 Å². The second kappa shape index (κ2) is 9.41. The number of ether oxygens (including phenoxy) is 1. The molecule has 0 spiro atoms. The predicted octanol–water partition coefficient (Wildman–Crippen LogP) is 2.20. The van der Waals surface area contributed by atoms with Crippen LogP contribution in [0.25, 0.3) is 5.65 Å². The molecule has 182 valence electrons. The van der Waals surface area contributed by atoms with Crippen molar-refractivity contribution in [2.24, 2.45) is 0 Å². The predicted molar refractivity (Wildman–Crippen MR) is 122 cm³/mol. The maximum absolute atomic E-state index is 14.3. The molecule has 5 rings (SSSR count). The Morgan fingerprint density at radius 2 is 1.83 bits per heavy atom. The number of anilines is 1. The van der Waals surface area contributed by atoms with Crippen molar-refractivity contribution in [1.82, 2.24) is 25.2 Å². The van der Waals surface area contributed by atoms with Crippen LogP contribution < -0.4 is 20.7 Å². The monoisotopic (exact) mass is 492 g/mol. The average Bonchev–Trinajstić information content (AvgIpc) is 3.26. The zero-order valence-corrected chi connectivity index (χ0v) is 18.5. The van der Waals surface area contributed by atoms with Crippen molar-refractivity contribution in [3.05, 3.63) is 88.9 Å². The zero-order valence-electron chi connectivity index (χ0n) is 18.5. The first-order chi connectivity index (χ1) is 17.4. The van der Waals surface area contributed by atoms with E-state index in [0.29, 0.717) is 17.0 Å². The first-order valence-electron chi connectivity index (χ1n) is 10.8. The van der Waals surface area contributed by atoms with Gasteiger partial charge in [-0.2, -0.15) is 5.10 Å². The van der Waals surface area contributed by atoms with E-state index in [1.165, 1.54) is 24.3 Å². The molecule has 2 aromatic heterocycles. The number of benzene rings is 2. The molecule has 0 saturated carbocycles. The molecule has 3 N–H and O–H groups in total. The quantitative estimate of drug-likeness (QED) is 0.379. The molecule has 0 bridgehead atoms. The second-order valence-corrected chi connectivity index (χ2v) is 7.88. The van der Waals surface area contributed by atoms with Crippen molar-refractivity contribution >= 4 is 29.1 Å². The van der Waals surface area contributed by atoms with Crippen LogP contribution in [0.15, 0.2) is 54.7 Å².